The minimum absolute atomic E-state index is 0.0947. The summed E-state index contributed by atoms with van der Waals surface area (Å²) in [6.45, 7) is 7.66. The van der Waals surface area contributed by atoms with Gasteiger partial charge in [0.25, 0.3) is 0 Å². The van der Waals surface area contributed by atoms with Gasteiger partial charge in [0.2, 0.25) is 0 Å². The van der Waals surface area contributed by atoms with E-state index in [1.807, 2.05) is 0 Å². The van der Waals surface area contributed by atoms with E-state index >= 15 is 0 Å². The first-order valence-electron chi connectivity index (χ1n) is 12.4. The van der Waals surface area contributed by atoms with Gasteiger partial charge in [-0.15, -0.1) is 0 Å². The van der Waals surface area contributed by atoms with E-state index in [4.69, 9.17) is 0 Å². The molecule has 2 heteroatoms. The van der Waals surface area contributed by atoms with Crippen LogP contribution in [0.1, 0.15) is 97.8 Å². The monoisotopic (exact) mass is 386 g/mol. The Hall–Kier alpha value is -0.340. The zero-order valence-corrected chi connectivity index (χ0v) is 18.4. The Morgan fingerprint density at radius 2 is 1.82 bits per heavy atom. The highest BCUT2D eigenvalue weighted by molar-refractivity contribution is 5.25. The molecule has 0 aliphatic heterocycles. The van der Waals surface area contributed by atoms with Crippen LogP contribution in [0.2, 0.25) is 0 Å². The third-order valence-electron chi connectivity index (χ3n) is 10.7. The number of aliphatic hydroxyl groups is 2. The molecule has 0 bridgehead atoms. The molecule has 158 valence electrons. The van der Waals surface area contributed by atoms with Crippen molar-refractivity contribution >= 4 is 0 Å². The van der Waals surface area contributed by atoms with Gasteiger partial charge in [-0.2, -0.15) is 0 Å². The number of aliphatic hydroxyl groups excluding tert-OH is 1. The van der Waals surface area contributed by atoms with Crippen molar-refractivity contribution in [3.63, 3.8) is 0 Å². The fourth-order valence-corrected chi connectivity index (χ4v) is 8.71. The molecule has 2 N–H and O–H groups in total. The van der Waals surface area contributed by atoms with Crippen LogP contribution in [0.4, 0.5) is 0 Å². The van der Waals surface area contributed by atoms with Gasteiger partial charge in [-0.3, -0.25) is 0 Å². The molecule has 0 aromatic carbocycles. The topological polar surface area (TPSA) is 40.5 Å². The summed E-state index contributed by atoms with van der Waals surface area (Å²) >= 11 is 0. The van der Waals surface area contributed by atoms with E-state index in [1.54, 1.807) is 5.57 Å². The standard InChI is InChI=1S/C26H42O2/c1-17(8-13-26(28)14-15-26)21-6-7-22-20-5-4-18-16-19(27)9-11-24(18,2)23(20)10-12-25(21,22)3/h4,17,19-23,27-28H,5-16H2,1-3H3/t17-,19?,20?,21?,22?,23?,24?,25?/m1/s1. The highest BCUT2D eigenvalue weighted by atomic mass is 16.3. The van der Waals surface area contributed by atoms with Crippen molar-refractivity contribution in [3.8, 4) is 0 Å². The van der Waals surface area contributed by atoms with E-state index in [0.29, 0.717) is 10.8 Å². The molecule has 28 heavy (non-hydrogen) atoms. The average Bonchev–Trinajstić information content (AvgIpc) is 3.29. The second-order valence-corrected chi connectivity index (χ2v) is 12.1. The number of hydrogen-bond acceptors (Lipinski definition) is 2. The van der Waals surface area contributed by atoms with Gasteiger partial charge in [0.05, 0.1) is 11.7 Å². The maximum absolute atomic E-state index is 10.3. The van der Waals surface area contributed by atoms with Crippen LogP contribution >= 0.6 is 0 Å². The Morgan fingerprint density at radius 1 is 1.04 bits per heavy atom. The molecule has 4 fully saturated rings. The van der Waals surface area contributed by atoms with Gasteiger partial charge < -0.3 is 10.2 Å². The van der Waals surface area contributed by atoms with E-state index < -0.39 is 0 Å². The van der Waals surface area contributed by atoms with Crippen molar-refractivity contribution in [2.24, 2.45) is 40.4 Å². The summed E-state index contributed by atoms with van der Waals surface area (Å²) in [7, 11) is 0. The van der Waals surface area contributed by atoms with Crippen LogP contribution in [0.25, 0.3) is 0 Å². The Labute approximate surface area is 172 Å². The van der Waals surface area contributed by atoms with Crippen LogP contribution in [0.3, 0.4) is 0 Å². The van der Waals surface area contributed by atoms with Crippen LogP contribution in [0.5, 0.6) is 0 Å². The molecule has 0 spiro atoms. The number of rotatable bonds is 4. The average molecular weight is 387 g/mol. The number of allylic oxidation sites excluding steroid dienone is 1. The molecular formula is C26H42O2. The predicted molar refractivity (Wildman–Crippen MR) is 114 cm³/mol. The molecule has 7 unspecified atom stereocenters. The van der Waals surface area contributed by atoms with Crippen LogP contribution < -0.4 is 0 Å². The van der Waals surface area contributed by atoms with E-state index in [1.165, 1.54) is 44.9 Å². The smallest absolute Gasteiger partial charge is 0.0650 e. The van der Waals surface area contributed by atoms with Crippen LogP contribution in [0.15, 0.2) is 11.6 Å². The third kappa shape index (κ3) is 2.96. The SMILES string of the molecule is C[C@H](CCC1(O)CC1)C1CCC2C3CC=C4CC(O)CCC4(C)C3CCC21C. The fourth-order valence-electron chi connectivity index (χ4n) is 8.71. The largest absolute Gasteiger partial charge is 0.393 e. The van der Waals surface area contributed by atoms with Crippen molar-refractivity contribution in [3.05, 3.63) is 11.6 Å². The van der Waals surface area contributed by atoms with Crippen LogP contribution in [-0.4, -0.2) is 21.9 Å². The first kappa shape index (κ1) is 19.6. The third-order valence-corrected chi connectivity index (χ3v) is 10.7. The highest BCUT2D eigenvalue weighted by Gasteiger charge is 2.59. The summed E-state index contributed by atoms with van der Waals surface area (Å²) in [5.74, 6) is 4.22. The molecular weight excluding hydrogens is 344 g/mol. The molecule has 0 radical (unpaired) electrons. The van der Waals surface area contributed by atoms with Gasteiger partial charge in [0.15, 0.2) is 0 Å². The molecule has 2 nitrogen and oxygen atoms in total. The molecule has 5 aliphatic rings. The van der Waals surface area contributed by atoms with Crippen molar-refractivity contribution < 1.29 is 10.2 Å². The van der Waals surface area contributed by atoms with Gasteiger partial charge in [-0.05, 0) is 117 Å². The summed E-state index contributed by atoms with van der Waals surface area (Å²) in [6, 6.07) is 0. The van der Waals surface area contributed by atoms with Crippen molar-refractivity contribution in [2.75, 3.05) is 0 Å². The van der Waals surface area contributed by atoms with E-state index in [2.05, 4.69) is 26.8 Å². The van der Waals surface area contributed by atoms with E-state index in [0.717, 1.165) is 61.7 Å². The Kier molecular flexibility index (Phi) is 4.61. The lowest BCUT2D eigenvalue weighted by molar-refractivity contribution is -0.0579. The van der Waals surface area contributed by atoms with Crippen molar-refractivity contribution in [1.82, 2.24) is 0 Å². The summed E-state index contributed by atoms with van der Waals surface area (Å²) in [4.78, 5) is 0. The zero-order valence-electron chi connectivity index (χ0n) is 18.4. The molecule has 0 heterocycles. The summed E-state index contributed by atoms with van der Waals surface area (Å²) in [5.41, 5.74) is 2.19. The van der Waals surface area contributed by atoms with Gasteiger partial charge in [0.1, 0.15) is 0 Å². The molecule has 5 rings (SSSR count). The van der Waals surface area contributed by atoms with Crippen molar-refractivity contribution in [1.29, 1.82) is 0 Å². The van der Waals surface area contributed by atoms with Gasteiger partial charge in [-0.25, -0.2) is 0 Å². The highest BCUT2D eigenvalue weighted by Crippen LogP contribution is 2.67. The zero-order chi connectivity index (χ0) is 19.7. The van der Waals surface area contributed by atoms with Gasteiger partial charge in [0, 0.05) is 0 Å². The normalized spacial score (nSPS) is 50.2. The Morgan fingerprint density at radius 3 is 2.57 bits per heavy atom. The Balaban J connectivity index is 1.33. The summed E-state index contributed by atoms with van der Waals surface area (Å²) < 4.78 is 0. The summed E-state index contributed by atoms with van der Waals surface area (Å²) in [6.07, 6.45) is 16.8. The molecule has 5 aliphatic carbocycles. The summed E-state index contributed by atoms with van der Waals surface area (Å²) in [5, 5.41) is 20.5. The van der Waals surface area contributed by atoms with Gasteiger partial charge in [-0.1, -0.05) is 32.4 Å². The minimum atomic E-state index is -0.282. The second-order valence-electron chi connectivity index (χ2n) is 12.1. The first-order valence-corrected chi connectivity index (χ1v) is 12.4. The van der Waals surface area contributed by atoms with E-state index in [9.17, 15) is 10.2 Å². The maximum Gasteiger partial charge on any atom is 0.0650 e. The maximum atomic E-state index is 10.3. The van der Waals surface area contributed by atoms with Gasteiger partial charge >= 0.3 is 0 Å². The second kappa shape index (κ2) is 6.58. The minimum Gasteiger partial charge on any atom is -0.393 e. The first-order chi connectivity index (χ1) is 13.3. The molecule has 0 aromatic rings. The molecule has 0 amide bonds. The Bertz CT molecular complexity index is 649. The molecule has 0 aromatic heterocycles. The number of hydrogen-bond donors (Lipinski definition) is 2. The quantitative estimate of drug-likeness (QED) is 0.593. The lowest BCUT2D eigenvalue weighted by atomic mass is 9.47. The van der Waals surface area contributed by atoms with Crippen molar-refractivity contribution in [2.45, 2.75) is 110 Å². The number of fused-ring (bicyclic) bond motifs is 5. The van der Waals surface area contributed by atoms with E-state index in [-0.39, 0.29) is 11.7 Å². The molecule has 8 atom stereocenters. The molecule has 0 saturated heterocycles. The van der Waals surface area contributed by atoms with Crippen LogP contribution in [-0.2, 0) is 0 Å². The predicted octanol–water partition coefficient (Wildman–Crippen LogP) is 5.87. The van der Waals surface area contributed by atoms with Crippen LogP contribution in [0, 0.1) is 40.4 Å². The fraction of sp³-hybridized carbons (Fsp3) is 0.923. The lowest BCUT2D eigenvalue weighted by Crippen LogP contribution is -2.50. The lowest BCUT2D eigenvalue weighted by Gasteiger charge is -2.58. The molecule has 4 saturated carbocycles.